The Morgan fingerprint density at radius 3 is 2.20 bits per heavy atom. The Kier molecular flexibility index (Phi) is 9.14. The Bertz CT molecular complexity index is 564. The quantitative estimate of drug-likeness (QED) is 0.660. The molecule has 5 nitrogen and oxygen atoms in total. The summed E-state index contributed by atoms with van der Waals surface area (Å²) in [4.78, 5) is 25.3. The number of halogens is 1. The van der Waals surface area contributed by atoms with Crippen LogP contribution in [-0.2, 0) is 9.53 Å². The van der Waals surface area contributed by atoms with Gasteiger partial charge in [-0.05, 0) is 51.0 Å². The summed E-state index contributed by atoms with van der Waals surface area (Å²) in [6.07, 6.45) is -0.808. The van der Waals surface area contributed by atoms with Gasteiger partial charge in [-0.3, -0.25) is 4.79 Å². The van der Waals surface area contributed by atoms with Crippen LogP contribution in [0.2, 0.25) is 5.02 Å². The van der Waals surface area contributed by atoms with E-state index in [9.17, 15) is 9.59 Å². The van der Waals surface area contributed by atoms with Crippen LogP contribution in [-0.4, -0.2) is 35.9 Å². The van der Waals surface area contributed by atoms with Crippen molar-refractivity contribution in [3.63, 3.8) is 0 Å². The minimum absolute atomic E-state index is 0.0441. The summed E-state index contributed by atoms with van der Waals surface area (Å²) in [5, 5.41) is 6.28. The summed E-state index contributed by atoms with van der Waals surface area (Å²) in [6.45, 7) is 9.23. The zero-order valence-electron chi connectivity index (χ0n) is 15.3. The van der Waals surface area contributed by atoms with Crippen molar-refractivity contribution < 1.29 is 14.3 Å². The third kappa shape index (κ3) is 8.50. The first kappa shape index (κ1) is 21.6. The average Bonchev–Trinajstić information content (AvgIpc) is 2.51. The lowest BCUT2D eigenvalue weighted by molar-refractivity contribution is -0.124. The van der Waals surface area contributed by atoms with E-state index < -0.39 is 12.1 Å². The van der Waals surface area contributed by atoms with Crippen LogP contribution in [0.3, 0.4) is 0 Å². The fraction of sp³-hybridized carbons (Fsp3) is 0.556. The van der Waals surface area contributed by atoms with E-state index in [0.29, 0.717) is 10.8 Å². The molecule has 2 N–H and O–H groups in total. The lowest BCUT2D eigenvalue weighted by atomic mass is 10.0. The third-order valence-corrected chi connectivity index (χ3v) is 4.79. The number of alkyl carbamates (subject to hydrolysis) is 1. The summed E-state index contributed by atoms with van der Waals surface area (Å²) >= 11 is 7.51. The summed E-state index contributed by atoms with van der Waals surface area (Å²) in [5.74, 6) is 0.463. The zero-order valence-corrected chi connectivity index (χ0v) is 16.9. The average molecular weight is 387 g/mol. The molecule has 0 heterocycles. The number of nitrogens with one attached hydrogen (secondary N) is 2. The summed E-state index contributed by atoms with van der Waals surface area (Å²) < 4.78 is 5.06. The number of benzene rings is 1. The van der Waals surface area contributed by atoms with Crippen LogP contribution in [0.1, 0.15) is 34.6 Å². The fourth-order valence-corrected chi connectivity index (χ4v) is 3.02. The highest BCUT2D eigenvalue weighted by Gasteiger charge is 2.26. The van der Waals surface area contributed by atoms with Crippen molar-refractivity contribution in [2.45, 2.75) is 57.7 Å². The lowest BCUT2D eigenvalue weighted by Gasteiger charge is -2.24. The predicted molar refractivity (Wildman–Crippen MR) is 103 cm³/mol. The van der Waals surface area contributed by atoms with E-state index in [4.69, 9.17) is 16.3 Å². The monoisotopic (exact) mass is 386 g/mol. The second-order valence-electron chi connectivity index (χ2n) is 6.49. The molecule has 0 spiro atoms. The first-order valence-corrected chi connectivity index (χ1v) is 9.71. The Hall–Kier alpha value is -1.40. The molecule has 25 heavy (non-hydrogen) atoms. The van der Waals surface area contributed by atoms with Crippen molar-refractivity contribution in [1.29, 1.82) is 0 Å². The van der Waals surface area contributed by atoms with Gasteiger partial charge >= 0.3 is 6.09 Å². The molecule has 0 fully saturated rings. The Labute approximate surface area is 159 Å². The van der Waals surface area contributed by atoms with Crippen molar-refractivity contribution in [2.75, 3.05) is 5.75 Å². The number of thioether (sulfide) groups is 1. The smallest absolute Gasteiger partial charge is 0.408 e. The van der Waals surface area contributed by atoms with Crippen molar-refractivity contribution >= 4 is 35.4 Å². The van der Waals surface area contributed by atoms with Gasteiger partial charge in [-0.2, -0.15) is 0 Å². The van der Waals surface area contributed by atoms with E-state index in [1.54, 1.807) is 25.6 Å². The molecular weight excluding hydrogens is 360 g/mol. The Morgan fingerprint density at radius 2 is 1.68 bits per heavy atom. The lowest BCUT2D eigenvalue weighted by Crippen LogP contribution is -2.52. The molecule has 0 aromatic heterocycles. The molecular formula is C18H27ClN2O3S. The molecule has 0 aliphatic heterocycles. The number of ether oxygens (including phenoxy) is 1. The molecule has 1 aromatic rings. The van der Waals surface area contributed by atoms with Gasteiger partial charge in [0.1, 0.15) is 6.04 Å². The second kappa shape index (κ2) is 10.6. The molecule has 0 saturated heterocycles. The van der Waals surface area contributed by atoms with Gasteiger partial charge in [0.15, 0.2) is 0 Å². The molecule has 2 unspecified atom stereocenters. The molecule has 1 aromatic carbocycles. The maximum atomic E-state index is 12.5. The van der Waals surface area contributed by atoms with Gasteiger partial charge in [-0.25, -0.2) is 4.79 Å². The number of amides is 2. The number of hydrogen-bond acceptors (Lipinski definition) is 4. The highest BCUT2D eigenvalue weighted by atomic mass is 35.5. The van der Waals surface area contributed by atoms with Gasteiger partial charge in [0.05, 0.1) is 6.10 Å². The normalized spacial score (nSPS) is 13.4. The highest BCUT2D eigenvalue weighted by molar-refractivity contribution is 7.99. The van der Waals surface area contributed by atoms with Gasteiger partial charge in [-0.15, -0.1) is 11.8 Å². The molecule has 2 amide bonds. The fourth-order valence-electron chi connectivity index (χ4n) is 2.04. The van der Waals surface area contributed by atoms with E-state index in [1.165, 1.54) is 0 Å². The second-order valence-corrected chi connectivity index (χ2v) is 8.02. The molecule has 2 atom stereocenters. The summed E-state index contributed by atoms with van der Waals surface area (Å²) in [5.41, 5.74) is 0. The number of hydrogen-bond donors (Lipinski definition) is 2. The minimum Gasteiger partial charge on any atom is -0.447 e. The van der Waals surface area contributed by atoms with Gasteiger partial charge in [0, 0.05) is 21.7 Å². The van der Waals surface area contributed by atoms with Gasteiger partial charge in [0.25, 0.3) is 0 Å². The van der Waals surface area contributed by atoms with Crippen LogP contribution in [0, 0.1) is 5.92 Å². The van der Waals surface area contributed by atoms with Crippen LogP contribution >= 0.6 is 23.4 Å². The van der Waals surface area contributed by atoms with E-state index in [0.717, 1.165) is 4.90 Å². The molecule has 140 valence electrons. The van der Waals surface area contributed by atoms with Crippen LogP contribution < -0.4 is 10.6 Å². The first-order chi connectivity index (χ1) is 11.7. The predicted octanol–water partition coefficient (Wildman–Crippen LogP) is 4.10. The largest absolute Gasteiger partial charge is 0.447 e. The molecule has 0 aliphatic rings. The van der Waals surface area contributed by atoms with E-state index in [-0.39, 0.29) is 24.0 Å². The molecule has 0 bridgehead atoms. The van der Waals surface area contributed by atoms with Crippen molar-refractivity contribution in [3.05, 3.63) is 29.3 Å². The molecule has 0 radical (unpaired) electrons. The van der Waals surface area contributed by atoms with Crippen LogP contribution in [0.15, 0.2) is 29.2 Å². The summed E-state index contributed by atoms with van der Waals surface area (Å²) in [7, 11) is 0. The number of carbonyl (C=O) groups excluding carboxylic acids is 2. The van der Waals surface area contributed by atoms with Gasteiger partial charge in [-0.1, -0.05) is 25.4 Å². The maximum Gasteiger partial charge on any atom is 0.408 e. The molecule has 0 saturated carbocycles. The molecule has 0 aliphatic carbocycles. The van der Waals surface area contributed by atoms with Gasteiger partial charge in [0.2, 0.25) is 5.91 Å². The molecule has 1 rings (SSSR count). The van der Waals surface area contributed by atoms with E-state index in [2.05, 4.69) is 10.6 Å². The Morgan fingerprint density at radius 1 is 1.08 bits per heavy atom. The standard InChI is InChI=1S/C18H27ClN2O3S/c1-11(2)16(21-18(23)24-12(3)4)17(22)20-13(5)10-25-15-8-6-14(19)7-9-15/h6-9,11-13,16H,10H2,1-5H3,(H,20,22)(H,21,23). The topological polar surface area (TPSA) is 67.4 Å². The van der Waals surface area contributed by atoms with E-state index >= 15 is 0 Å². The number of carbonyl (C=O) groups is 2. The zero-order chi connectivity index (χ0) is 19.0. The Balaban J connectivity index is 2.51. The third-order valence-electron chi connectivity index (χ3n) is 3.27. The molecule has 7 heteroatoms. The van der Waals surface area contributed by atoms with E-state index in [1.807, 2.05) is 45.0 Å². The van der Waals surface area contributed by atoms with Crippen LogP contribution in [0.5, 0.6) is 0 Å². The van der Waals surface area contributed by atoms with Gasteiger partial charge < -0.3 is 15.4 Å². The summed E-state index contributed by atoms with van der Waals surface area (Å²) in [6, 6.07) is 6.90. The van der Waals surface area contributed by atoms with Crippen LogP contribution in [0.4, 0.5) is 4.79 Å². The number of rotatable bonds is 8. The van der Waals surface area contributed by atoms with Crippen LogP contribution in [0.25, 0.3) is 0 Å². The first-order valence-electron chi connectivity index (χ1n) is 8.35. The van der Waals surface area contributed by atoms with Crippen molar-refractivity contribution in [3.8, 4) is 0 Å². The van der Waals surface area contributed by atoms with Crippen molar-refractivity contribution in [1.82, 2.24) is 10.6 Å². The minimum atomic E-state index is -0.630. The SMILES string of the molecule is CC(CSc1ccc(Cl)cc1)NC(=O)C(NC(=O)OC(C)C)C(C)C. The highest BCUT2D eigenvalue weighted by Crippen LogP contribution is 2.21. The van der Waals surface area contributed by atoms with Crippen molar-refractivity contribution in [2.24, 2.45) is 5.92 Å². The maximum absolute atomic E-state index is 12.5.